The average molecular weight is 390 g/mol. The maximum absolute atomic E-state index is 12.9. The Hall–Kier alpha value is -3.94. The summed E-state index contributed by atoms with van der Waals surface area (Å²) in [4.78, 5) is 40.3. The first kappa shape index (κ1) is 18.4. The molecule has 29 heavy (non-hydrogen) atoms. The highest BCUT2D eigenvalue weighted by Crippen LogP contribution is 2.30. The molecule has 0 spiro atoms. The first-order valence-electron chi connectivity index (χ1n) is 8.89. The molecule has 146 valence electrons. The highest BCUT2D eigenvalue weighted by molar-refractivity contribution is 6.07. The van der Waals surface area contributed by atoms with Crippen LogP contribution in [-0.2, 0) is 10.3 Å². The van der Waals surface area contributed by atoms with Crippen LogP contribution in [0.25, 0.3) is 10.9 Å². The minimum absolute atomic E-state index is 0.238. The van der Waals surface area contributed by atoms with Crippen molar-refractivity contribution in [2.24, 2.45) is 5.10 Å². The highest BCUT2D eigenvalue weighted by atomic mass is 16.5. The summed E-state index contributed by atoms with van der Waals surface area (Å²) in [5.74, 6) is 0.0978. The van der Waals surface area contributed by atoms with Crippen molar-refractivity contribution in [2.75, 3.05) is 7.11 Å². The molecule has 3 amide bonds. The Morgan fingerprint density at radius 2 is 1.79 bits per heavy atom. The molecule has 2 N–H and O–H groups in total. The lowest BCUT2D eigenvalue weighted by atomic mass is 9.92. The van der Waals surface area contributed by atoms with Gasteiger partial charge in [0.05, 0.1) is 18.9 Å². The number of urea groups is 1. The number of hydrazone groups is 1. The minimum Gasteiger partial charge on any atom is -0.497 e. The number of benzene rings is 2. The third kappa shape index (κ3) is 3.14. The molecule has 1 aliphatic rings. The smallest absolute Gasteiger partial charge is 0.346 e. The summed E-state index contributed by atoms with van der Waals surface area (Å²) >= 11 is 0. The van der Waals surface area contributed by atoms with Crippen molar-refractivity contribution in [3.63, 3.8) is 0 Å². The van der Waals surface area contributed by atoms with Crippen LogP contribution in [0, 0.1) is 0 Å². The second kappa shape index (κ2) is 6.90. The number of pyridine rings is 1. The number of fused-ring (bicyclic) bond motifs is 1. The summed E-state index contributed by atoms with van der Waals surface area (Å²) in [6, 6.07) is 15.1. The Morgan fingerprint density at radius 1 is 1.07 bits per heavy atom. The fourth-order valence-electron chi connectivity index (χ4n) is 3.23. The zero-order valence-electron chi connectivity index (χ0n) is 15.8. The van der Waals surface area contributed by atoms with Gasteiger partial charge in [-0.05, 0) is 42.1 Å². The van der Waals surface area contributed by atoms with E-state index in [0.717, 1.165) is 10.4 Å². The summed E-state index contributed by atoms with van der Waals surface area (Å²) < 4.78 is 5.12. The van der Waals surface area contributed by atoms with Gasteiger partial charge in [0.15, 0.2) is 0 Å². The van der Waals surface area contributed by atoms with E-state index in [0.29, 0.717) is 16.8 Å². The van der Waals surface area contributed by atoms with Gasteiger partial charge in [0.1, 0.15) is 11.3 Å². The number of aromatic amines is 1. The van der Waals surface area contributed by atoms with Crippen molar-refractivity contribution < 1.29 is 14.3 Å². The van der Waals surface area contributed by atoms with Gasteiger partial charge in [0.25, 0.3) is 11.5 Å². The van der Waals surface area contributed by atoms with Crippen molar-refractivity contribution in [3.8, 4) is 5.75 Å². The summed E-state index contributed by atoms with van der Waals surface area (Å²) in [6.07, 6.45) is 1.21. The summed E-state index contributed by atoms with van der Waals surface area (Å²) in [5.41, 5.74) is -0.106. The van der Waals surface area contributed by atoms with E-state index in [2.05, 4.69) is 15.4 Å². The molecular weight excluding hydrogens is 372 g/mol. The molecule has 1 saturated heterocycles. The Balaban J connectivity index is 1.64. The number of rotatable bonds is 4. The standard InChI is InChI=1S/C21H18N4O4/c1-21(15-7-9-16(29-2)10-8-15)19(27)25(20(28)24-21)22-12-14-11-13-5-3-4-6-17(13)23-18(14)26/h3-12H,1-2H3,(H,23,26)(H,24,28)/b22-12+/t21-/m1/s1. The van der Waals surface area contributed by atoms with Gasteiger partial charge >= 0.3 is 6.03 Å². The Bertz CT molecular complexity index is 1200. The van der Waals surface area contributed by atoms with Crippen LogP contribution in [0.4, 0.5) is 4.79 Å². The fraction of sp³-hybridized carbons (Fsp3) is 0.143. The van der Waals surface area contributed by atoms with Crippen LogP contribution in [-0.4, -0.2) is 35.3 Å². The lowest BCUT2D eigenvalue weighted by molar-refractivity contribution is -0.131. The molecule has 8 nitrogen and oxygen atoms in total. The Morgan fingerprint density at radius 3 is 2.52 bits per heavy atom. The number of hydrogen-bond donors (Lipinski definition) is 2. The molecule has 1 atom stereocenters. The van der Waals surface area contributed by atoms with Gasteiger partial charge in [-0.1, -0.05) is 30.3 Å². The molecule has 0 bridgehead atoms. The molecule has 1 aliphatic heterocycles. The number of para-hydroxylation sites is 1. The predicted molar refractivity (Wildman–Crippen MR) is 108 cm³/mol. The monoisotopic (exact) mass is 390 g/mol. The average Bonchev–Trinajstić information content (AvgIpc) is 2.95. The number of methoxy groups -OCH3 is 1. The first-order valence-corrected chi connectivity index (χ1v) is 8.89. The van der Waals surface area contributed by atoms with Crippen molar-refractivity contribution in [3.05, 3.63) is 76.1 Å². The second-order valence-corrected chi connectivity index (χ2v) is 6.79. The van der Waals surface area contributed by atoms with E-state index in [1.54, 1.807) is 50.4 Å². The third-order valence-corrected chi connectivity index (χ3v) is 4.93. The van der Waals surface area contributed by atoms with Crippen LogP contribution in [0.5, 0.6) is 5.75 Å². The van der Waals surface area contributed by atoms with Crippen LogP contribution >= 0.6 is 0 Å². The van der Waals surface area contributed by atoms with E-state index in [1.807, 2.05) is 18.2 Å². The van der Waals surface area contributed by atoms with E-state index < -0.39 is 17.5 Å². The number of aromatic nitrogens is 1. The van der Waals surface area contributed by atoms with E-state index in [1.165, 1.54) is 6.21 Å². The second-order valence-electron chi connectivity index (χ2n) is 6.79. The van der Waals surface area contributed by atoms with Gasteiger partial charge < -0.3 is 15.0 Å². The quantitative estimate of drug-likeness (QED) is 0.527. The van der Waals surface area contributed by atoms with Gasteiger partial charge in [-0.25, -0.2) is 4.79 Å². The van der Waals surface area contributed by atoms with Crippen molar-refractivity contribution in [1.29, 1.82) is 0 Å². The summed E-state index contributed by atoms with van der Waals surface area (Å²) in [6.45, 7) is 1.60. The van der Waals surface area contributed by atoms with E-state index in [9.17, 15) is 14.4 Å². The maximum atomic E-state index is 12.9. The molecule has 8 heteroatoms. The van der Waals surface area contributed by atoms with Crippen LogP contribution in [0.1, 0.15) is 18.1 Å². The molecule has 0 radical (unpaired) electrons. The topological polar surface area (TPSA) is 104 Å². The zero-order chi connectivity index (χ0) is 20.6. The van der Waals surface area contributed by atoms with Crippen LogP contribution in [0.3, 0.4) is 0 Å². The van der Waals surface area contributed by atoms with Gasteiger partial charge in [-0.2, -0.15) is 5.10 Å². The molecule has 4 rings (SSSR count). The lowest BCUT2D eigenvalue weighted by Crippen LogP contribution is -2.40. The first-order chi connectivity index (χ1) is 13.9. The van der Waals surface area contributed by atoms with E-state index in [4.69, 9.17) is 4.74 Å². The van der Waals surface area contributed by atoms with E-state index >= 15 is 0 Å². The molecule has 0 saturated carbocycles. The largest absolute Gasteiger partial charge is 0.497 e. The number of nitrogens with one attached hydrogen (secondary N) is 2. The minimum atomic E-state index is -1.27. The molecule has 1 fully saturated rings. The Kier molecular flexibility index (Phi) is 4.38. The number of imide groups is 1. The number of nitrogens with zero attached hydrogens (tertiary/aromatic N) is 2. The van der Waals surface area contributed by atoms with Crippen LogP contribution in [0.15, 0.2) is 64.5 Å². The van der Waals surface area contributed by atoms with Gasteiger partial charge in [0, 0.05) is 5.52 Å². The third-order valence-electron chi connectivity index (χ3n) is 4.93. The number of H-pyrrole nitrogens is 1. The van der Waals surface area contributed by atoms with Crippen molar-refractivity contribution >= 4 is 29.1 Å². The number of ether oxygens (including phenoxy) is 1. The molecular formula is C21H18N4O4. The van der Waals surface area contributed by atoms with Crippen LogP contribution < -0.4 is 15.6 Å². The highest BCUT2D eigenvalue weighted by Gasteiger charge is 2.49. The lowest BCUT2D eigenvalue weighted by Gasteiger charge is -2.21. The number of amides is 3. The summed E-state index contributed by atoms with van der Waals surface area (Å²) in [5, 5.41) is 8.19. The van der Waals surface area contributed by atoms with E-state index in [-0.39, 0.29) is 11.1 Å². The number of hydrogen-bond acceptors (Lipinski definition) is 5. The number of carbonyl (C=O) groups is 2. The molecule has 3 aromatic rings. The SMILES string of the molecule is COc1ccc([C@@]2(C)NC(=O)N(/N=C/c3cc4ccccc4[nH]c3=O)C2=O)cc1. The maximum Gasteiger partial charge on any atom is 0.346 e. The van der Waals surface area contributed by atoms with Crippen molar-refractivity contribution in [2.45, 2.75) is 12.5 Å². The Labute approximate surface area is 165 Å². The number of carbonyl (C=O) groups excluding carboxylic acids is 2. The van der Waals surface area contributed by atoms with Gasteiger partial charge in [-0.3, -0.25) is 9.59 Å². The molecule has 1 aromatic heterocycles. The van der Waals surface area contributed by atoms with Crippen molar-refractivity contribution in [1.82, 2.24) is 15.3 Å². The predicted octanol–water partition coefficient (Wildman–Crippen LogP) is 2.34. The van der Waals surface area contributed by atoms with Crippen LogP contribution in [0.2, 0.25) is 0 Å². The molecule has 2 aromatic carbocycles. The molecule has 2 heterocycles. The molecule has 0 unspecified atom stereocenters. The zero-order valence-corrected chi connectivity index (χ0v) is 15.8. The molecule has 0 aliphatic carbocycles. The van der Waals surface area contributed by atoms with Gasteiger partial charge in [-0.15, -0.1) is 5.01 Å². The van der Waals surface area contributed by atoms with Gasteiger partial charge in [0.2, 0.25) is 0 Å². The summed E-state index contributed by atoms with van der Waals surface area (Å²) in [7, 11) is 1.55. The fourth-order valence-corrected chi connectivity index (χ4v) is 3.23. The normalized spacial score (nSPS) is 19.2.